The van der Waals surface area contributed by atoms with Crippen molar-refractivity contribution in [3.8, 4) is 0 Å². The second-order valence-electron chi connectivity index (χ2n) is 5.66. The number of nitrogens with zero attached hydrogens (tertiary/aromatic N) is 1. The standard InChI is InChI=1S/C14H26N2O2/c1-16(11-13-4-2-3-9-18-13)14(17)10-12-5-7-15-8-6-12/h12-13,15H,2-11H2,1H3. The van der Waals surface area contributed by atoms with E-state index in [9.17, 15) is 4.79 Å². The Balaban J connectivity index is 1.69. The third kappa shape index (κ3) is 4.25. The summed E-state index contributed by atoms with van der Waals surface area (Å²) >= 11 is 0. The highest BCUT2D eigenvalue weighted by molar-refractivity contribution is 5.76. The highest BCUT2D eigenvalue weighted by Crippen LogP contribution is 2.18. The number of nitrogens with one attached hydrogen (secondary N) is 1. The molecule has 0 bridgehead atoms. The monoisotopic (exact) mass is 254 g/mol. The van der Waals surface area contributed by atoms with E-state index >= 15 is 0 Å². The van der Waals surface area contributed by atoms with Crippen LogP contribution >= 0.6 is 0 Å². The Labute approximate surface area is 110 Å². The lowest BCUT2D eigenvalue weighted by atomic mass is 9.94. The van der Waals surface area contributed by atoms with Gasteiger partial charge in [-0.25, -0.2) is 0 Å². The molecule has 0 saturated carbocycles. The Hall–Kier alpha value is -0.610. The van der Waals surface area contributed by atoms with Crippen molar-refractivity contribution in [1.29, 1.82) is 0 Å². The number of piperidine rings is 1. The quantitative estimate of drug-likeness (QED) is 0.824. The lowest BCUT2D eigenvalue weighted by Gasteiger charge is -2.29. The number of hydrogen-bond donors (Lipinski definition) is 1. The first-order valence-corrected chi connectivity index (χ1v) is 7.32. The van der Waals surface area contributed by atoms with E-state index in [1.54, 1.807) is 0 Å². The minimum absolute atomic E-state index is 0.265. The second kappa shape index (κ2) is 7.10. The van der Waals surface area contributed by atoms with Crippen LogP contribution in [0.1, 0.15) is 38.5 Å². The molecule has 0 aromatic carbocycles. The molecular formula is C14H26N2O2. The summed E-state index contributed by atoms with van der Waals surface area (Å²) in [5.41, 5.74) is 0. The van der Waals surface area contributed by atoms with Gasteiger partial charge < -0.3 is 15.0 Å². The SMILES string of the molecule is CN(CC1CCCCO1)C(=O)CC1CCNCC1. The molecule has 0 spiro atoms. The first kappa shape index (κ1) is 13.8. The molecule has 1 unspecified atom stereocenters. The van der Waals surface area contributed by atoms with Crippen molar-refractivity contribution in [2.24, 2.45) is 5.92 Å². The van der Waals surface area contributed by atoms with Gasteiger partial charge in [0, 0.05) is 26.6 Å². The Bertz CT molecular complexity index is 259. The number of carbonyl (C=O) groups is 1. The van der Waals surface area contributed by atoms with E-state index in [0.717, 1.165) is 45.5 Å². The molecule has 4 heteroatoms. The first-order chi connectivity index (χ1) is 8.75. The summed E-state index contributed by atoms with van der Waals surface area (Å²) in [6.07, 6.45) is 6.76. The van der Waals surface area contributed by atoms with Crippen LogP contribution in [0.5, 0.6) is 0 Å². The van der Waals surface area contributed by atoms with E-state index in [1.165, 1.54) is 12.8 Å². The van der Waals surface area contributed by atoms with Gasteiger partial charge in [-0.2, -0.15) is 0 Å². The number of likely N-dealkylation sites (N-methyl/N-ethyl adjacent to an activating group) is 1. The zero-order chi connectivity index (χ0) is 12.8. The van der Waals surface area contributed by atoms with Crippen molar-refractivity contribution >= 4 is 5.91 Å². The molecular weight excluding hydrogens is 228 g/mol. The molecule has 2 aliphatic heterocycles. The summed E-state index contributed by atoms with van der Waals surface area (Å²) in [7, 11) is 1.92. The highest BCUT2D eigenvalue weighted by Gasteiger charge is 2.22. The van der Waals surface area contributed by atoms with Crippen LogP contribution in [0.2, 0.25) is 0 Å². The molecule has 0 radical (unpaired) electrons. The Kier molecular flexibility index (Phi) is 5.45. The van der Waals surface area contributed by atoms with Crippen LogP contribution in [0.4, 0.5) is 0 Å². The van der Waals surface area contributed by atoms with Gasteiger partial charge in [-0.1, -0.05) is 0 Å². The zero-order valence-corrected chi connectivity index (χ0v) is 11.5. The third-order valence-electron chi connectivity index (χ3n) is 4.10. The van der Waals surface area contributed by atoms with Crippen LogP contribution in [0.3, 0.4) is 0 Å². The van der Waals surface area contributed by atoms with Crippen LogP contribution in [-0.4, -0.2) is 50.2 Å². The van der Waals surface area contributed by atoms with Crippen LogP contribution in [0.15, 0.2) is 0 Å². The van der Waals surface area contributed by atoms with Crippen molar-refractivity contribution in [3.63, 3.8) is 0 Å². The Morgan fingerprint density at radius 3 is 2.72 bits per heavy atom. The van der Waals surface area contributed by atoms with Crippen LogP contribution in [0, 0.1) is 5.92 Å². The van der Waals surface area contributed by atoms with Gasteiger partial charge in [-0.15, -0.1) is 0 Å². The molecule has 1 N–H and O–H groups in total. The molecule has 4 nitrogen and oxygen atoms in total. The smallest absolute Gasteiger partial charge is 0.222 e. The maximum atomic E-state index is 12.1. The molecule has 2 saturated heterocycles. The summed E-state index contributed by atoms with van der Waals surface area (Å²) < 4.78 is 5.68. The van der Waals surface area contributed by atoms with E-state index in [2.05, 4.69) is 5.32 Å². The number of rotatable bonds is 4. The predicted octanol–water partition coefficient (Wildman–Crippen LogP) is 1.40. The molecule has 2 heterocycles. The fourth-order valence-corrected chi connectivity index (χ4v) is 2.85. The van der Waals surface area contributed by atoms with Gasteiger partial charge >= 0.3 is 0 Å². The summed E-state index contributed by atoms with van der Waals surface area (Å²) in [6.45, 7) is 3.76. The molecule has 104 valence electrons. The summed E-state index contributed by atoms with van der Waals surface area (Å²) in [4.78, 5) is 14.0. The third-order valence-corrected chi connectivity index (χ3v) is 4.10. The van der Waals surface area contributed by atoms with Crippen molar-refractivity contribution in [1.82, 2.24) is 10.2 Å². The normalized spacial score (nSPS) is 25.9. The van der Waals surface area contributed by atoms with E-state index in [4.69, 9.17) is 4.74 Å². The maximum Gasteiger partial charge on any atom is 0.222 e. The van der Waals surface area contributed by atoms with Gasteiger partial charge in [0.25, 0.3) is 0 Å². The molecule has 0 aromatic heterocycles. The van der Waals surface area contributed by atoms with Gasteiger partial charge in [0.1, 0.15) is 0 Å². The minimum Gasteiger partial charge on any atom is -0.376 e. The largest absolute Gasteiger partial charge is 0.376 e. The fourth-order valence-electron chi connectivity index (χ4n) is 2.85. The molecule has 0 aliphatic carbocycles. The van der Waals surface area contributed by atoms with Gasteiger partial charge in [0.15, 0.2) is 0 Å². The average Bonchev–Trinajstić information content (AvgIpc) is 2.41. The van der Waals surface area contributed by atoms with Crippen LogP contribution in [0.25, 0.3) is 0 Å². The fraction of sp³-hybridized carbons (Fsp3) is 0.929. The van der Waals surface area contributed by atoms with E-state index in [1.807, 2.05) is 11.9 Å². The molecule has 18 heavy (non-hydrogen) atoms. The van der Waals surface area contributed by atoms with Crippen LogP contribution < -0.4 is 5.32 Å². The number of ether oxygens (including phenoxy) is 1. The minimum atomic E-state index is 0.265. The van der Waals surface area contributed by atoms with Crippen LogP contribution in [-0.2, 0) is 9.53 Å². The zero-order valence-electron chi connectivity index (χ0n) is 11.5. The molecule has 1 atom stereocenters. The van der Waals surface area contributed by atoms with Gasteiger partial charge in [0.05, 0.1) is 6.10 Å². The van der Waals surface area contributed by atoms with Crippen molar-refractivity contribution in [2.75, 3.05) is 33.3 Å². The molecule has 2 aliphatic rings. The summed E-state index contributed by atoms with van der Waals surface area (Å²) in [5.74, 6) is 0.865. The number of amides is 1. The first-order valence-electron chi connectivity index (χ1n) is 7.32. The van der Waals surface area contributed by atoms with Gasteiger partial charge in [-0.3, -0.25) is 4.79 Å². The lowest BCUT2D eigenvalue weighted by molar-refractivity contribution is -0.133. The predicted molar refractivity (Wildman–Crippen MR) is 71.4 cm³/mol. The Morgan fingerprint density at radius 2 is 2.06 bits per heavy atom. The number of hydrogen-bond acceptors (Lipinski definition) is 3. The number of carbonyl (C=O) groups excluding carboxylic acids is 1. The van der Waals surface area contributed by atoms with Gasteiger partial charge in [-0.05, 0) is 51.1 Å². The van der Waals surface area contributed by atoms with E-state index in [-0.39, 0.29) is 12.0 Å². The van der Waals surface area contributed by atoms with Crippen molar-refractivity contribution in [3.05, 3.63) is 0 Å². The van der Waals surface area contributed by atoms with E-state index < -0.39 is 0 Å². The lowest BCUT2D eigenvalue weighted by Crippen LogP contribution is -2.38. The average molecular weight is 254 g/mol. The second-order valence-corrected chi connectivity index (χ2v) is 5.66. The topological polar surface area (TPSA) is 41.6 Å². The summed E-state index contributed by atoms with van der Waals surface area (Å²) in [6, 6.07) is 0. The van der Waals surface area contributed by atoms with Crippen molar-refractivity contribution < 1.29 is 9.53 Å². The molecule has 1 amide bonds. The maximum absolute atomic E-state index is 12.1. The summed E-state index contributed by atoms with van der Waals surface area (Å²) in [5, 5.41) is 3.34. The molecule has 0 aromatic rings. The van der Waals surface area contributed by atoms with Crippen molar-refractivity contribution in [2.45, 2.75) is 44.6 Å². The van der Waals surface area contributed by atoms with Gasteiger partial charge in [0.2, 0.25) is 5.91 Å². The van der Waals surface area contributed by atoms with E-state index in [0.29, 0.717) is 12.3 Å². The molecule has 2 rings (SSSR count). The Morgan fingerprint density at radius 1 is 1.28 bits per heavy atom. The molecule has 2 fully saturated rings. The highest BCUT2D eigenvalue weighted by atomic mass is 16.5.